The van der Waals surface area contributed by atoms with Crippen molar-refractivity contribution in [2.75, 3.05) is 0 Å². The molecule has 0 atom stereocenters. The predicted octanol–water partition coefficient (Wildman–Crippen LogP) is 0.140. The number of hydrazone groups is 1. The highest BCUT2D eigenvalue weighted by Crippen LogP contribution is 2.30. The van der Waals surface area contributed by atoms with E-state index in [2.05, 4.69) is 10.1 Å². The highest BCUT2D eigenvalue weighted by molar-refractivity contribution is 6.00. The number of hydrogen-bond acceptors (Lipinski definition) is 5. The number of rotatable bonds is 3. The number of H-pyrrole nitrogens is 1. The van der Waals surface area contributed by atoms with Crippen LogP contribution in [0.1, 0.15) is 50.6 Å². The molecule has 1 aromatic rings. The molecule has 9 heteroatoms. The maximum atomic E-state index is 12.0. The maximum Gasteiger partial charge on any atom is 0.332 e. The third-order valence-electron chi connectivity index (χ3n) is 3.75. The van der Waals surface area contributed by atoms with Crippen molar-refractivity contribution in [2.24, 2.45) is 10.8 Å². The molecule has 0 bridgehead atoms. The van der Waals surface area contributed by atoms with Crippen molar-refractivity contribution in [2.45, 2.75) is 45.1 Å². The number of amides is 2. The molecule has 5 N–H and O–H groups in total. The first-order chi connectivity index (χ1) is 10.4. The summed E-state index contributed by atoms with van der Waals surface area (Å²) in [6.45, 7) is 1.43. The molecule has 1 fully saturated rings. The van der Waals surface area contributed by atoms with Gasteiger partial charge in [0.05, 0.1) is 5.71 Å². The second-order valence-electron chi connectivity index (χ2n) is 5.29. The molecule has 0 unspecified atom stereocenters. The lowest BCUT2D eigenvalue weighted by Gasteiger charge is -2.25. The summed E-state index contributed by atoms with van der Waals surface area (Å²) >= 11 is 0. The lowest BCUT2D eigenvalue weighted by Crippen LogP contribution is -2.36. The standard InChI is InChI=1S/C13H19N5O4/c1-7(16-17-12(14)21)9-10(19)15-13(22)18(11(9)20)8-5-3-2-4-6-8/h8,20H,2-6H2,1H3,(H3,14,17,21)(H,15,19,22)/b16-7+. The van der Waals surface area contributed by atoms with Crippen LogP contribution in [0.3, 0.4) is 0 Å². The van der Waals surface area contributed by atoms with E-state index in [0.717, 1.165) is 32.1 Å². The van der Waals surface area contributed by atoms with E-state index in [1.807, 2.05) is 5.43 Å². The largest absolute Gasteiger partial charge is 0.494 e. The van der Waals surface area contributed by atoms with Crippen LogP contribution in [-0.4, -0.2) is 26.4 Å². The molecular weight excluding hydrogens is 290 g/mol. The fourth-order valence-electron chi connectivity index (χ4n) is 2.74. The van der Waals surface area contributed by atoms with E-state index in [-0.39, 0.29) is 17.3 Å². The van der Waals surface area contributed by atoms with Gasteiger partial charge in [0.25, 0.3) is 5.56 Å². The molecule has 22 heavy (non-hydrogen) atoms. The number of nitrogens with two attached hydrogens (primary N) is 1. The Hall–Kier alpha value is -2.58. The van der Waals surface area contributed by atoms with Gasteiger partial charge in [-0.3, -0.25) is 14.3 Å². The van der Waals surface area contributed by atoms with Gasteiger partial charge in [0.2, 0.25) is 5.88 Å². The summed E-state index contributed by atoms with van der Waals surface area (Å²) in [5.41, 5.74) is 5.39. The Morgan fingerprint density at radius 1 is 1.36 bits per heavy atom. The second kappa shape index (κ2) is 6.46. The van der Waals surface area contributed by atoms with E-state index in [0.29, 0.717) is 0 Å². The van der Waals surface area contributed by atoms with Gasteiger partial charge in [-0.2, -0.15) is 5.10 Å². The zero-order chi connectivity index (χ0) is 16.3. The summed E-state index contributed by atoms with van der Waals surface area (Å²) in [6.07, 6.45) is 4.53. The zero-order valence-corrected chi connectivity index (χ0v) is 12.3. The van der Waals surface area contributed by atoms with E-state index in [1.165, 1.54) is 11.5 Å². The van der Waals surface area contributed by atoms with Crippen molar-refractivity contribution in [3.8, 4) is 5.88 Å². The summed E-state index contributed by atoms with van der Waals surface area (Å²) in [4.78, 5) is 36.8. The van der Waals surface area contributed by atoms with Gasteiger partial charge in [0, 0.05) is 6.04 Å². The highest BCUT2D eigenvalue weighted by Gasteiger charge is 2.24. The van der Waals surface area contributed by atoms with Gasteiger partial charge in [0.15, 0.2) is 0 Å². The minimum atomic E-state index is -0.893. The molecule has 0 spiro atoms. The van der Waals surface area contributed by atoms with Gasteiger partial charge in [-0.05, 0) is 19.8 Å². The van der Waals surface area contributed by atoms with E-state index in [1.54, 1.807) is 0 Å². The molecular formula is C13H19N5O4. The second-order valence-corrected chi connectivity index (χ2v) is 5.29. The first kappa shape index (κ1) is 15.8. The van der Waals surface area contributed by atoms with Gasteiger partial charge in [-0.1, -0.05) is 19.3 Å². The molecule has 0 saturated heterocycles. The average Bonchev–Trinajstić information content (AvgIpc) is 2.45. The SMILES string of the molecule is C/C(=N\NC(N)=O)c1c(O)n(C2CCCCC2)c(=O)[nH]c1=O. The summed E-state index contributed by atoms with van der Waals surface area (Å²) in [7, 11) is 0. The molecule has 9 nitrogen and oxygen atoms in total. The molecule has 120 valence electrons. The third kappa shape index (κ3) is 3.18. The maximum absolute atomic E-state index is 12.0. The number of aromatic amines is 1. The Kier molecular flexibility index (Phi) is 4.64. The molecule has 1 aromatic heterocycles. The van der Waals surface area contributed by atoms with E-state index in [9.17, 15) is 19.5 Å². The van der Waals surface area contributed by atoms with Crippen LogP contribution in [0.25, 0.3) is 0 Å². The van der Waals surface area contributed by atoms with Crippen LogP contribution in [0.15, 0.2) is 14.7 Å². The Bertz CT molecular complexity index is 712. The number of aromatic nitrogens is 2. The van der Waals surface area contributed by atoms with Crippen molar-refractivity contribution >= 4 is 11.7 Å². The van der Waals surface area contributed by atoms with Crippen LogP contribution in [0.2, 0.25) is 0 Å². The predicted molar refractivity (Wildman–Crippen MR) is 80.0 cm³/mol. The molecule has 0 aromatic carbocycles. The van der Waals surface area contributed by atoms with Gasteiger partial charge in [-0.25, -0.2) is 15.0 Å². The van der Waals surface area contributed by atoms with E-state index in [4.69, 9.17) is 5.73 Å². The lowest BCUT2D eigenvalue weighted by atomic mass is 9.95. The fraction of sp³-hybridized carbons (Fsp3) is 0.538. The Morgan fingerprint density at radius 3 is 2.59 bits per heavy atom. The Labute approximate surface area is 125 Å². The molecule has 0 radical (unpaired) electrons. The summed E-state index contributed by atoms with van der Waals surface area (Å²) < 4.78 is 1.19. The average molecular weight is 309 g/mol. The monoisotopic (exact) mass is 309 g/mol. The highest BCUT2D eigenvalue weighted by atomic mass is 16.3. The zero-order valence-electron chi connectivity index (χ0n) is 12.3. The van der Waals surface area contributed by atoms with E-state index >= 15 is 0 Å². The van der Waals surface area contributed by atoms with Crippen LogP contribution >= 0.6 is 0 Å². The minimum absolute atomic E-state index is 0.0575. The topological polar surface area (TPSA) is 143 Å². The van der Waals surface area contributed by atoms with Crippen LogP contribution in [0, 0.1) is 0 Å². The van der Waals surface area contributed by atoms with Crippen molar-refractivity contribution in [1.82, 2.24) is 15.0 Å². The number of hydrogen-bond donors (Lipinski definition) is 4. The van der Waals surface area contributed by atoms with Gasteiger partial charge >= 0.3 is 11.7 Å². The summed E-state index contributed by atoms with van der Waals surface area (Å²) in [6, 6.07) is -1.05. The number of aromatic hydroxyl groups is 1. The normalized spacial score (nSPS) is 16.5. The van der Waals surface area contributed by atoms with Gasteiger partial charge < -0.3 is 10.8 Å². The molecule has 0 aliphatic heterocycles. The number of primary amides is 1. The van der Waals surface area contributed by atoms with Crippen LogP contribution in [0.5, 0.6) is 5.88 Å². The fourth-order valence-corrected chi connectivity index (χ4v) is 2.74. The van der Waals surface area contributed by atoms with E-state index < -0.39 is 23.2 Å². The van der Waals surface area contributed by atoms with Crippen LogP contribution in [-0.2, 0) is 0 Å². The number of nitrogens with one attached hydrogen (secondary N) is 2. The molecule has 1 saturated carbocycles. The smallest absolute Gasteiger partial charge is 0.332 e. The molecule has 1 heterocycles. The van der Waals surface area contributed by atoms with Crippen molar-refractivity contribution in [3.05, 3.63) is 26.4 Å². The summed E-state index contributed by atoms with van der Waals surface area (Å²) in [5.74, 6) is -0.437. The molecule has 1 aliphatic carbocycles. The van der Waals surface area contributed by atoms with Gasteiger partial charge in [0.1, 0.15) is 5.56 Å². The molecule has 2 rings (SSSR count). The van der Waals surface area contributed by atoms with Crippen LogP contribution in [0.4, 0.5) is 4.79 Å². The first-order valence-corrected chi connectivity index (χ1v) is 7.09. The lowest BCUT2D eigenvalue weighted by molar-refractivity contribution is 0.249. The van der Waals surface area contributed by atoms with Crippen molar-refractivity contribution < 1.29 is 9.90 Å². The van der Waals surface area contributed by atoms with Crippen LogP contribution < -0.4 is 22.4 Å². The Balaban J connectivity index is 2.51. The molecule has 1 aliphatic rings. The minimum Gasteiger partial charge on any atom is -0.494 e. The number of urea groups is 1. The molecule has 2 amide bonds. The quantitative estimate of drug-likeness (QED) is 0.465. The Morgan fingerprint density at radius 2 is 2.00 bits per heavy atom. The van der Waals surface area contributed by atoms with Crippen molar-refractivity contribution in [3.63, 3.8) is 0 Å². The van der Waals surface area contributed by atoms with Crippen molar-refractivity contribution in [1.29, 1.82) is 0 Å². The number of carbonyl (C=O) groups excluding carboxylic acids is 1. The first-order valence-electron chi connectivity index (χ1n) is 7.09. The number of carbonyl (C=O) groups is 1. The van der Waals surface area contributed by atoms with Gasteiger partial charge in [-0.15, -0.1) is 0 Å². The third-order valence-corrected chi connectivity index (χ3v) is 3.75. The number of nitrogens with zero attached hydrogens (tertiary/aromatic N) is 2. The summed E-state index contributed by atoms with van der Waals surface area (Å²) in [5, 5.41) is 14.0.